The van der Waals surface area contributed by atoms with E-state index < -0.39 is 8.07 Å². The van der Waals surface area contributed by atoms with Gasteiger partial charge in [-0.25, -0.2) is 0 Å². The minimum atomic E-state index is -2.41. The highest BCUT2D eigenvalue weighted by molar-refractivity contribution is 7.13. The standard InChI is InChI=1S/C32H24N2Si/c1-35(2)31(27-19-11-9-17-25(27)21-33)29(23-13-5-3-6-14-23)30(24-15-7-4-8-16-24)32(35)28-20-12-10-18-26(28)22-34/h3-20H,1-2H3. The highest BCUT2D eigenvalue weighted by Crippen LogP contribution is 2.56. The largest absolute Gasteiger partial charge is 0.192 e. The number of hydrogen-bond acceptors (Lipinski definition) is 2. The van der Waals surface area contributed by atoms with E-state index in [1.807, 2.05) is 48.5 Å². The van der Waals surface area contributed by atoms with E-state index in [0.717, 1.165) is 22.3 Å². The number of nitrogens with zero attached hydrogens (tertiary/aromatic N) is 2. The SMILES string of the molecule is C[Si]1(C)C(c2ccccc2C#N)=C(c2ccccc2)C(c2ccccc2)=C1c1ccccc1C#N. The van der Waals surface area contributed by atoms with Crippen molar-refractivity contribution in [3.05, 3.63) is 143 Å². The third-order valence-corrected chi connectivity index (χ3v) is 10.3. The van der Waals surface area contributed by atoms with E-state index in [-0.39, 0.29) is 0 Å². The van der Waals surface area contributed by atoms with Crippen LogP contribution in [-0.2, 0) is 0 Å². The van der Waals surface area contributed by atoms with Crippen LogP contribution >= 0.6 is 0 Å². The van der Waals surface area contributed by atoms with Crippen molar-refractivity contribution in [1.29, 1.82) is 10.5 Å². The smallest absolute Gasteiger partial charge is 0.115 e. The fourth-order valence-electron chi connectivity index (χ4n) is 5.33. The van der Waals surface area contributed by atoms with Gasteiger partial charge in [0.05, 0.1) is 23.3 Å². The summed E-state index contributed by atoms with van der Waals surface area (Å²) in [6.07, 6.45) is 0. The summed E-state index contributed by atoms with van der Waals surface area (Å²) >= 11 is 0. The Morgan fingerprint density at radius 2 is 0.829 bits per heavy atom. The molecule has 0 radical (unpaired) electrons. The second kappa shape index (κ2) is 9.07. The molecule has 0 spiro atoms. The van der Waals surface area contributed by atoms with E-state index in [2.05, 4.69) is 85.9 Å². The third-order valence-electron chi connectivity index (χ3n) is 6.76. The van der Waals surface area contributed by atoms with E-state index in [9.17, 15) is 10.5 Å². The van der Waals surface area contributed by atoms with Crippen LogP contribution in [0.15, 0.2) is 109 Å². The second-order valence-electron chi connectivity index (χ2n) is 9.17. The Labute approximate surface area is 207 Å². The van der Waals surface area contributed by atoms with Gasteiger partial charge in [-0.15, -0.1) is 0 Å². The summed E-state index contributed by atoms with van der Waals surface area (Å²) in [5.74, 6) is 0. The Morgan fingerprint density at radius 3 is 1.20 bits per heavy atom. The predicted molar refractivity (Wildman–Crippen MR) is 146 cm³/mol. The Bertz CT molecular complexity index is 1440. The molecule has 0 saturated heterocycles. The number of nitriles is 2. The van der Waals surface area contributed by atoms with Gasteiger partial charge < -0.3 is 0 Å². The zero-order chi connectivity index (χ0) is 24.4. The molecule has 166 valence electrons. The topological polar surface area (TPSA) is 47.6 Å². The van der Waals surface area contributed by atoms with Crippen molar-refractivity contribution in [1.82, 2.24) is 0 Å². The van der Waals surface area contributed by atoms with Crippen molar-refractivity contribution in [3.63, 3.8) is 0 Å². The minimum absolute atomic E-state index is 0.679. The molecule has 0 fully saturated rings. The molecule has 35 heavy (non-hydrogen) atoms. The normalized spacial score (nSPS) is 14.5. The van der Waals surface area contributed by atoms with E-state index in [4.69, 9.17) is 0 Å². The maximum atomic E-state index is 10.0. The van der Waals surface area contributed by atoms with E-state index >= 15 is 0 Å². The van der Waals surface area contributed by atoms with Crippen molar-refractivity contribution in [2.75, 3.05) is 0 Å². The lowest BCUT2D eigenvalue weighted by atomic mass is 9.88. The van der Waals surface area contributed by atoms with Gasteiger partial charge in [-0.05, 0) is 55.9 Å². The van der Waals surface area contributed by atoms with Crippen LogP contribution in [0.4, 0.5) is 0 Å². The van der Waals surface area contributed by atoms with Gasteiger partial charge in [0.15, 0.2) is 0 Å². The molecule has 0 saturated carbocycles. The fraction of sp³-hybridized carbons (Fsp3) is 0.0625. The molecule has 2 nitrogen and oxygen atoms in total. The van der Waals surface area contributed by atoms with Crippen LogP contribution in [0.2, 0.25) is 13.1 Å². The van der Waals surface area contributed by atoms with Crippen LogP contribution in [0.25, 0.3) is 21.5 Å². The van der Waals surface area contributed by atoms with Crippen molar-refractivity contribution in [2.24, 2.45) is 0 Å². The van der Waals surface area contributed by atoms with Gasteiger partial charge in [-0.3, -0.25) is 0 Å². The monoisotopic (exact) mass is 464 g/mol. The molecule has 0 N–H and O–H groups in total. The van der Waals surface area contributed by atoms with Gasteiger partial charge >= 0.3 is 0 Å². The summed E-state index contributed by atoms with van der Waals surface area (Å²) in [7, 11) is -2.41. The third kappa shape index (κ3) is 3.73. The lowest BCUT2D eigenvalue weighted by Crippen LogP contribution is -2.29. The summed E-state index contributed by atoms with van der Waals surface area (Å²) in [5.41, 5.74) is 7.92. The zero-order valence-electron chi connectivity index (χ0n) is 19.8. The Hall–Kier alpha value is -4.44. The second-order valence-corrected chi connectivity index (χ2v) is 13.4. The van der Waals surface area contributed by atoms with Gasteiger partial charge in [0.2, 0.25) is 0 Å². The Morgan fingerprint density at radius 1 is 0.486 bits per heavy atom. The number of benzene rings is 4. The molecule has 0 amide bonds. The lowest BCUT2D eigenvalue weighted by Gasteiger charge is -2.27. The molecular formula is C32H24N2Si. The fourth-order valence-corrected chi connectivity index (χ4v) is 9.15. The van der Waals surface area contributed by atoms with Gasteiger partial charge in [-0.2, -0.15) is 10.5 Å². The molecule has 1 heterocycles. The molecule has 1 aliphatic heterocycles. The van der Waals surface area contributed by atoms with E-state index in [0.29, 0.717) is 11.1 Å². The van der Waals surface area contributed by atoms with Crippen LogP contribution < -0.4 is 0 Å². The predicted octanol–water partition coefficient (Wildman–Crippen LogP) is 7.75. The number of allylic oxidation sites excluding steroid dienone is 2. The molecule has 0 bridgehead atoms. The van der Waals surface area contributed by atoms with Crippen molar-refractivity contribution in [2.45, 2.75) is 13.1 Å². The molecule has 4 aromatic carbocycles. The first-order valence-corrected chi connectivity index (χ1v) is 14.7. The van der Waals surface area contributed by atoms with Gasteiger partial charge in [0, 0.05) is 0 Å². The zero-order valence-corrected chi connectivity index (χ0v) is 20.8. The van der Waals surface area contributed by atoms with Gasteiger partial charge in [0.25, 0.3) is 0 Å². The maximum absolute atomic E-state index is 10.0. The van der Waals surface area contributed by atoms with Crippen LogP contribution in [0.1, 0.15) is 33.4 Å². The number of rotatable bonds is 4. The first-order chi connectivity index (χ1) is 17.1. The first kappa shape index (κ1) is 22.4. The molecule has 0 unspecified atom stereocenters. The molecule has 1 aliphatic rings. The van der Waals surface area contributed by atoms with Crippen LogP contribution in [0, 0.1) is 22.7 Å². The number of hydrogen-bond donors (Lipinski definition) is 0. The highest BCUT2D eigenvalue weighted by Gasteiger charge is 2.44. The molecule has 4 aromatic rings. The van der Waals surface area contributed by atoms with Gasteiger partial charge in [-0.1, -0.05) is 110 Å². The highest BCUT2D eigenvalue weighted by atomic mass is 28.3. The van der Waals surface area contributed by atoms with Crippen molar-refractivity contribution in [3.8, 4) is 12.1 Å². The average Bonchev–Trinajstić information content (AvgIpc) is 3.16. The molecule has 5 rings (SSSR count). The van der Waals surface area contributed by atoms with Gasteiger partial charge in [0.1, 0.15) is 8.07 Å². The first-order valence-electron chi connectivity index (χ1n) is 11.7. The van der Waals surface area contributed by atoms with Crippen molar-refractivity contribution < 1.29 is 0 Å². The van der Waals surface area contributed by atoms with Crippen LogP contribution in [0.5, 0.6) is 0 Å². The van der Waals surface area contributed by atoms with E-state index in [1.165, 1.54) is 21.5 Å². The average molecular weight is 465 g/mol. The Kier molecular flexibility index (Phi) is 5.79. The van der Waals surface area contributed by atoms with E-state index in [1.54, 1.807) is 0 Å². The minimum Gasteiger partial charge on any atom is -0.192 e. The molecule has 0 atom stereocenters. The lowest BCUT2D eigenvalue weighted by molar-refractivity contribution is 1.46. The summed E-state index contributed by atoms with van der Waals surface area (Å²) in [4.78, 5) is 0. The Balaban J connectivity index is 1.98. The summed E-state index contributed by atoms with van der Waals surface area (Å²) in [6, 6.07) is 41.6. The summed E-state index contributed by atoms with van der Waals surface area (Å²) in [6.45, 7) is 4.69. The van der Waals surface area contributed by atoms with Crippen LogP contribution in [0.3, 0.4) is 0 Å². The maximum Gasteiger partial charge on any atom is 0.115 e. The summed E-state index contributed by atoms with van der Waals surface area (Å²) in [5, 5.41) is 22.6. The molecule has 0 aromatic heterocycles. The summed E-state index contributed by atoms with van der Waals surface area (Å²) < 4.78 is 0. The quantitative estimate of drug-likeness (QED) is 0.290. The van der Waals surface area contributed by atoms with Crippen molar-refractivity contribution >= 4 is 29.6 Å². The molecular weight excluding hydrogens is 440 g/mol. The van der Waals surface area contributed by atoms with Crippen LogP contribution in [-0.4, -0.2) is 8.07 Å². The molecule has 3 heteroatoms. The molecule has 0 aliphatic carbocycles.